The molecule has 0 unspecified atom stereocenters. The van der Waals surface area contributed by atoms with Crippen LogP contribution < -0.4 is 4.72 Å². The third-order valence-corrected chi connectivity index (χ3v) is 2.80. The Labute approximate surface area is 82.4 Å². The van der Waals surface area contributed by atoms with Crippen molar-refractivity contribution in [3.63, 3.8) is 0 Å². The summed E-state index contributed by atoms with van der Waals surface area (Å²) in [5.74, 6) is 0. The molecule has 7 heteroatoms. The van der Waals surface area contributed by atoms with Gasteiger partial charge in [-0.3, -0.25) is 0 Å². The van der Waals surface area contributed by atoms with Crippen LogP contribution in [0.15, 0.2) is 23.6 Å². The number of rotatable bonds is 5. The maximum Gasteiger partial charge on any atom is 0.258 e. The highest BCUT2D eigenvalue weighted by Gasteiger charge is 2.13. The van der Waals surface area contributed by atoms with Crippen molar-refractivity contribution in [2.24, 2.45) is 0 Å². The lowest BCUT2D eigenvalue weighted by molar-refractivity contribution is 0.204. The minimum atomic E-state index is -3.51. The first kappa shape index (κ1) is 11.0. The summed E-state index contributed by atoms with van der Waals surface area (Å²) in [6, 6.07) is 1.33. The largest absolute Gasteiger partial charge is 0.383 e. The van der Waals surface area contributed by atoms with Crippen molar-refractivity contribution in [3.05, 3.63) is 18.6 Å². The topological polar surface area (TPSA) is 81.2 Å². The maximum atomic E-state index is 11.5. The molecule has 1 rings (SSSR count). The van der Waals surface area contributed by atoms with E-state index in [0.29, 0.717) is 6.61 Å². The number of nitrogens with zero attached hydrogens (tertiary/aromatic N) is 2. The monoisotopic (exact) mass is 217 g/mol. The molecule has 0 radical (unpaired) electrons. The second-order valence-electron chi connectivity index (χ2n) is 2.44. The molecule has 0 spiro atoms. The molecule has 1 aromatic rings. The first-order chi connectivity index (χ1) is 6.67. The van der Waals surface area contributed by atoms with E-state index in [1.54, 1.807) is 0 Å². The van der Waals surface area contributed by atoms with E-state index in [1.807, 2.05) is 0 Å². The highest BCUT2D eigenvalue weighted by molar-refractivity contribution is 7.89. The Balaban J connectivity index is 2.67. The van der Waals surface area contributed by atoms with Gasteiger partial charge < -0.3 is 4.74 Å². The second-order valence-corrected chi connectivity index (χ2v) is 4.15. The number of hydrogen-bond donors (Lipinski definition) is 1. The molecule has 78 valence electrons. The van der Waals surface area contributed by atoms with Gasteiger partial charge in [0.05, 0.1) is 6.61 Å². The summed E-state index contributed by atoms with van der Waals surface area (Å²) >= 11 is 0. The lowest BCUT2D eigenvalue weighted by atomic mass is 10.7. The molecule has 0 amide bonds. The van der Waals surface area contributed by atoms with Crippen LogP contribution in [0.5, 0.6) is 0 Å². The van der Waals surface area contributed by atoms with Crippen LogP contribution in [0, 0.1) is 0 Å². The molecule has 0 fully saturated rings. The van der Waals surface area contributed by atoms with Crippen molar-refractivity contribution in [2.45, 2.75) is 5.03 Å². The summed E-state index contributed by atoms with van der Waals surface area (Å²) in [6.45, 7) is 0.549. The van der Waals surface area contributed by atoms with Gasteiger partial charge in [-0.15, -0.1) is 0 Å². The molecule has 0 atom stereocenters. The zero-order valence-corrected chi connectivity index (χ0v) is 8.49. The minimum absolute atomic E-state index is 0.0383. The summed E-state index contributed by atoms with van der Waals surface area (Å²) in [4.78, 5) is 7.25. The van der Waals surface area contributed by atoms with Gasteiger partial charge in [0.2, 0.25) is 0 Å². The van der Waals surface area contributed by atoms with E-state index < -0.39 is 10.0 Å². The molecule has 1 N–H and O–H groups in total. The average Bonchev–Trinajstić information content (AvgIpc) is 2.19. The lowest BCUT2D eigenvalue weighted by Crippen LogP contribution is -2.27. The molecular weight excluding hydrogens is 206 g/mol. The minimum Gasteiger partial charge on any atom is -0.383 e. The Kier molecular flexibility index (Phi) is 3.93. The van der Waals surface area contributed by atoms with Crippen molar-refractivity contribution < 1.29 is 13.2 Å². The number of nitrogens with one attached hydrogen (secondary N) is 1. The van der Waals surface area contributed by atoms with E-state index in [-0.39, 0.29) is 11.6 Å². The first-order valence-corrected chi connectivity index (χ1v) is 5.40. The van der Waals surface area contributed by atoms with Gasteiger partial charge in [0, 0.05) is 19.9 Å². The molecule has 0 aliphatic heterocycles. The lowest BCUT2D eigenvalue weighted by Gasteiger charge is -2.03. The third-order valence-electron chi connectivity index (χ3n) is 1.43. The van der Waals surface area contributed by atoms with Crippen LogP contribution in [0.3, 0.4) is 0 Å². The van der Waals surface area contributed by atoms with E-state index >= 15 is 0 Å². The number of aromatic nitrogens is 2. The van der Waals surface area contributed by atoms with Crippen LogP contribution in [-0.2, 0) is 14.8 Å². The van der Waals surface area contributed by atoms with Gasteiger partial charge in [-0.25, -0.2) is 23.1 Å². The Morgan fingerprint density at radius 3 is 2.93 bits per heavy atom. The summed E-state index contributed by atoms with van der Waals surface area (Å²) < 4.78 is 29.9. The van der Waals surface area contributed by atoms with Crippen molar-refractivity contribution >= 4 is 10.0 Å². The highest BCUT2D eigenvalue weighted by atomic mass is 32.2. The standard InChI is InChI=1S/C7H11N3O3S/c1-13-5-4-10-14(11,12)7-2-3-8-6-9-7/h2-3,6,10H,4-5H2,1H3. The van der Waals surface area contributed by atoms with Gasteiger partial charge in [-0.05, 0) is 6.07 Å². The Morgan fingerprint density at radius 1 is 1.57 bits per heavy atom. The summed E-state index contributed by atoms with van der Waals surface area (Å²) in [5, 5.41) is -0.0383. The fourth-order valence-electron chi connectivity index (χ4n) is 0.790. The van der Waals surface area contributed by atoms with Gasteiger partial charge in [-0.1, -0.05) is 0 Å². The zero-order chi connectivity index (χ0) is 10.4. The fourth-order valence-corrected chi connectivity index (χ4v) is 1.72. The number of hydrogen-bond acceptors (Lipinski definition) is 5. The van der Waals surface area contributed by atoms with Crippen LogP contribution in [0.2, 0.25) is 0 Å². The number of sulfonamides is 1. The summed E-state index contributed by atoms with van der Waals surface area (Å²) in [5.41, 5.74) is 0. The third kappa shape index (κ3) is 3.02. The Hall–Kier alpha value is -1.05. The smallest absolute Gasteiger partial charge is 0.258 e. The van der Waals surface area contributed by atoms with E-state index in [0.717, 1.165) is 0 Å². The fraction of sp³-hybridized carbons (Fsp3) is 0.429. The van der Waals surface area contributed by atoms with Crippen molar-refractivity contribution in [3.8, 4) is 0 Å². The SMILES string of the molecule is COCCNS(=O)(=O)c1ccncn1. The molecule has 1 aromatic heterocycles. The van der Waals surface area contributed by atoms with Crippen LogP contribution in [0.25, 0.3) is 0 Å². The van der Waals surface area contributed by atoms with Crippen LogP contribution >= 0.6 is 0 Å². The van der Waals surface area contributed by atoms with Crippen molar-refractivity contribution in [1.29, 1.82) is 0 Å². The van der Waals surface area contributed by atoms with Gasteiger partial charge in [0.1, 0.15) is 6.33 Å². The maximum absolute atomic E-state index is 11.5. The molecule has 14 heavy (non-hydrogen) atoms. The van der Waals surface area contributed by atoms with E-state index in [2.05, 4.69) is 14.7 Å². The number of ether oxygens (including phenoxy) is 1. The van der Waals surface area contributed by atoms with E-state index in [1.165, 1.54) is 25.7 Å². The van der Waals surface area contributed by atoms with E-state index in [4.69, 9.17) is 4.74 Å². The molecule has 6 nitrogen and oxygen atoms in total. The van der Waals surface area contributed by atoms with Gasteiger partial charge in [0.15, 0.2) is 5.03 Å². The molecule has 0 saturated carbocycles. The molecule has 0 bridgehead atoms. The first-order valence-electron chi connectivity index (χ1n) is 3.91. The highest BCUT2D eigenvalue weighted by Crippen LogP contribution is 2.00. The summed E-state index contributed by atoms with van der Waals surface area (Å²) in [6.07, 6.45) is 2.56. The second kappa shape index (κ2) is 4.99. The molecule has 1 heterocycles. The summed E-state index contributed by atoms with van der Waals surface area (Å²) in [7, 11) is -2.01. The van der Waals surface area contributed by atoms with Crippen molar-refractivity contribution in [1.82, 2.24) is 14.7 Å². The van der Waals surface area contributed by atoms with Gasteiger partial charge in [0.25, 0.3) is 10.0 Å². The average molecular weight is 217 g/mol. The zero-order valence-electron chi connectivity index (χ0n) is 7.67. The normalized spacial score (nSPS) is 11.5. The quantitative estimate of drug-likeness (QED) is 0.526. The predicted octanol–water partition coefficient (Wildman–Crippen LogP) is -0.599. The molecular formula is C7H11N3O3S. The molecule has 0 aromatic carbocycles. The molecule has 0 saturated heterocycles. The van der Waals surface area contributed by atoms with Gasteiger partial charge in [-0.2, -0.15) is 0 Å². The molecule has 0 aliphatic carbocycles. The Morgan fingerprint density at radius 2 is 2.36 bits per heavy atom. The van der Waals surface area contributed by atoms with Crippen LogP contribution in [-0.4, -0.2) is 38.6 Å². The van der Waals surface area contributed by atoms with Gasteiger partial charge >= 0.3 is 0 Å². The van der Waals surface area contributed by atoms with Crippen LogP contribution in [0.4, 0.5) is 0 Å². The predicted molar refractivity (Wildman–Crippen MR) is 49.1 cm³/mol. The van der Waals surface area contributed by atoms with Crippen molar-refractivity contribution in [2.75, 3.05) is 20.3 Å². The van der Waals surface area contributed by atoms with Crippen LogP contribution in [0.1, 0.15) is 0 Å². The number of methoxy groups -OCH3 is 1. The van der Waals surface area contributed by atoms with E-state index in [9.17, 15) is 8.42 Å². The Bertz CT molecular complexity index is 365. The molecule has 0 aliphatic rings.